The molecule has 28 heavy (non-hydrogen) atoms. The number of hydrogen-bond acceptors (Lipinski definition) is 4. The maximum Gasteiger partial charge on any atom is 0.221 e. The molecule has 2 aromatic rings. The maximum absolute atomic E-state index is 13.6. The zero-order valence-electron chi connectivity index (χ0n) is 16.5. The van der Waals surface area contributed by atoms with Crippen molar-refractivity contribution in [1.82, 2.24) is 10.2 Å². The fraction of sp³-hybridized carbons (Fsp3) is 0.409. The molecule has 0 saturated heterocycles. The highest BCUT2D eigenvalue weighted by Crippen LogP contribution is 2.33. The van der Waals surface area contributed by atoms with Gasteiger partial charge < -0.3 is 14.8 Å². The normalized spacial score (nSPS) is 13.7. The minimum atomic E-state index is -0.226. The molecule has 0 atom stereocenters. The number of benzene rings is 2. The Labute approximate surface area is 165 Å². The lowest BCUT2D eigenvalue weighted by atomic mass is 9.98. The van der Waals surface area contributed by atoms with E-state index >= 15 is 0 Å². The van der Waals surface area contributed by atoms with E-state index in [1.807, 2.05) is 12.1 Å². The van der Waals surface area contributed by atoms with Crippen LogP contribution in [0.2, 0.25) is 0 Å². The molecule has 2 aromatic carbocycles. The number of fused-ring (bicyclic) bond motifs is 1. The second kappa shape index (κ2) is 9.55. The third-order valence-electron chi connectivity index (χ3n) is 5.13. The summed E-state index contributed by atoms with van der Waals surface area (Å²) >= 11 is 0. The molecule has 0 bridgehead atoms. The Bertz CT molecular complexity index is 825. The molecule has 1 aliphatic heterocycles. The summed E-state index contributed by atoms with van der Waals surface area (Å²) in [6, 6.07) is 10.7. The third kappa shape index (κ3) is 5.01. The largest absolute Gasteiger partial charge is 0.493 e. The summed E-state index contributed by atoms with van der Waals surface area (Å²) in [5, 5.41) is 2.88. The highest BCUT2D eigenvalue weighted by Gasteiger charge is 2.19. The van der Waals surface area contributed by atoms with Crippen LogP contribution in [0.25, 0.3) is 0 Å². The van der Waals surface area contributed by atoms with E-state index in [-0.39, 0.29) is 11.7 Å². The van der Waals surface area contributed by atoms with Gasteiger partial charge in [0.05, 0.1) is 14.2 Å². The SMILES string of the molecule is COc1cc2c(cc1OC)CN(CCC(=O)NCCc1ccccc1F)CC2. The Morgan fingerprint density at radius 2 is 1.86 bits per heavy atom. The minimum absolute atomic E-state index is 0.00514. The summed E-state index contributed by atoms with van der Waals surface area (Å²) in [5.74, 6) is 1.25. The molecule has 1 amide bonds. The average molecular weight is 386 g/mol. The van der Waals surface area contributed by atoms with Gasteiger partial charge in [-0.25, -0.2) is 4.39 Å². The molecular formula is C22H27FN2O3. The van der Waals surface area contributed by atoms with Crippen molar-refractivity contribution >= 4 is 5.91 Å². The summed E-state index contributed by atoms with van der Waals surface area (Å²) in [7, 11) is 3.28. The van der Waals surface area contributed by atoms with Gasteiger partial charge in [-0.3, -0.25) is 9.69 Å². The Hall–Kier alpha value is -2.60. The zero-order chi connectivity index (χ0) is 19.9. The second-order valence-corrected chi connectivity index (χ2v) is 6.94. The average Bonchev–Trinajstić information content (AvgIpc) is 2.72. The van der Waals surface area contributed by atoms with Gasteiger partial charge in [0.2, 0.25) is 5.91 Å². The highest BCUT2D eigenvalue weighted by molar-refractivity contribution is 5.76. The third-order valence-corrected chi connectivity index (χ3v) is 5.13. The maximum atomic E-state index is 13.6. The van der Waals surface area contributed by atoms with Crippen LogP contribution >= 0.6 is 0 Å². The zero-order valence-corrected chi connectivity index (χ0v) is 16.5. The Morgan fingerprint density at radius 1 is 1.14 bits per heavy atom. The first kappa shape index (κ1) is 20.1. The Morgan fingerprint density at radius 3 is 2.57 bits per heavy atom. The van der Waals surface area contributed by atoms with Crippen LogP contribution in [0.1, 0.15) is 23.1 Å². The van der Waals surface area contributed by atoms with Crippen molar-refractivity contribution in [2.45, 2.75) is 25.8 Å². The molecule has 150 valence electrons. The number of carbonyl (C=O) groups is 1. The first-order valence-corrected chi connectivity index (χ1v) is 9.57. The quantitative estimate of drug-likeness (QED) is 0.758. The first-order valence-electron chi connectivity index (χ1n) is 9.57. The number of halogens is 1. The molecule has 0 spiro atoms. The van der Waals surface area contributed by atoms with Gasteiger partial charge in [-0.05, 0) is 47.7 Å². The molecule has 0 unspecified atom stereocenters. The molecule has 0 fully saturated rings. The fourth-order valence-corrected chi connectivity index (χ4v) is 3.52. The Balaban J connectivity index is 1.45. The summed E-state index contributed by atoms with van der Waals surface area (Å²) in [4.78, 5) is 14.4. The number of nitrogens with one attached hydrogen (secondary N) is 1. The van der Waals surface area contributed by atoms with Crippen LogP contribution in [0.15, 0.2) is 36.4 Å². The van der Waals surface area contributed by atoms with Crippen LogP contribution in [0.5, 0.6) is 11.5 Å². The number of amides is 1. The van der Waals surface area contributed by atoms with Crippen molar-refractivity contribution in [1.29, 1.82) is 0 Å². The molecule has 5 nitrogen and oxygen atoms in total. The predicted molar refractivity (Wildman–Crippen MR) is 106 cm³/mol. The molecule has 0 radical (unpaired) electrons. The van der Waals surface area contributed by atoms with Crippen LogP contribution in [-0.2, 0) is 24.2 Å². The Kier molecular flexibility index (Phi) is 6.87. The lowest BCUT2D eigenvalue weighted by molar-refractivity contribution is -0.121. The van der Waals surface area contributed by atoms with E-state index in [1.54, 1.807) is 32.4 Å². The monoisotopic (exact) mass is 386 g/mol. The van der Waals surface area contributed by atoms with Crippen molar-refractivity contribution in [3.63, 3.8) is 0 Å². The van der Waals surface area contributed by atoms with E-state index in [1.165, 1.54) is 17.2 Å². The first-order chi connectivity index (χ1) is 13.6. The number of rotatable bonds is 8. The molecule has 0 aromatic heterocycles. The summed E-state index contributed by atoms with van der Waals surface area (Å²) in [6.07, 6.45) is 1.85. The smallest absolute Gasteiger partial charge is 0.221 e. The molecule has 6 heteroatoms. The van der Waals surface area contributed by atoms with Crippen LogP contribution in [0, 0.1) is 5.82 Å². The van der Waals surface area contributed by atoms with Crippen LogP contribution in [0.4, 0.5) is 4.39 Å². The number of carbonyl (C=O) groups excluding carboxylic acids is 1. The highest BCUT2D eigenvalue weighted by atomic mass is 19.1. The predicted octanol–water partition coefficient (Wildman–Crippen LogP) is 2.95. The molecule has 1 N–H and O–H groups in total. The lowest BCUT2D eigenvalue weighted by Gasteiger charge is -2.29. The standard InChI is InChI=1S/C22H27FN2O3/c1-27-20-13-17-8-11-25(15-18(17)14-21(20)28-2)12-9-22(26)24-10-7-16-5-3-4-6-19(16)23/h3-6,13-14H,7-12,15H2,1-2H3,(H,24,26). The molecule has 0 saturated carbocycles. The van der Waals surface area contributed by atoms with Crippen molar-refractivity contribution < 1.29 is 18.7 Å². The van der Waals surface area contributed by atoms with Gasteiger partial charge in [0.25, 0.3) is 0 Å². The van der Waals surface area contributed by atoms with E-state index in [2.05, 4.69) is 10.2 Å². The van der Waals surface area contributed by atoms with Gasteiger partial charge in [0.15, 0.2) is 11.5 Å². The number of hydrogen-bond donors (Lipinski definition) is 1. The second-order valence-electron chi connectivity index (χ2n) is 6.94. The van der Waals surface area contributed by atoms with Crippen molar-refractivity contribution in [3.8, 4) is 11.5 Å². The van der Waals surface area contributed by atoms with Gasteiger partial charge in [0.1, 0.15) is 5.82 Å². The fourth-order valence-electron chi connectivity index (χ4n) is 3.52. The van der Waals surface area contributed by atoms with E-state index in [4.69, 9.17) is 9.47 Å². The van der Waals surface area contributed by atoms with E-state index in [0.717, 1.165) is 31.0 Å². The molecule has 1 aliphatic rings. The molecule has 1 heterocycles. The number of ether oxygens (including phenoxy) is 2. The van der Waals surface area contributed by atoms with Gasteiger partial charge in [-0.1, -0.05) is 18.2 Å². The minimum Gasteiger partial charge on any atom is -0.493 e. The van der Waals surface area contributed by atoms with Crippen molar-refractivity contribution in [2.75, 3.05) is 33.9 Å². The van der Waals surface area contributed by atoms with E-state index in [9.17, 15) is 9.18 Å². The van der Waals surface area contributed by atoms with Crippen molar-refractivity contribution in [3.05, 3.63) is 58.9 Å². The van der Waals surface area contributed by atoms with Crippen molar-refractivity contribution in [2.24, 2.45) is 0 Å². The van der Waals surface area contributed by atoms with Crippen LogP contribution < -0.4 is 14.8 Å². The molecule has 3 rings (SSSR count). The number of methoxy groups -OCH3 is 2. The molecule has 0 aliphatic carbocycles. The van der Waals surface area contributed by atoms with Gasteiger partial charge in [-0.2, -0.15) is 0 Å². The lowest BCUT2D eigenvalue weighted by Crippen LogP contribution is -2.35. The van der Waals surface area contributed by atoms with Gasteiger partial charge in [0, 0.05) is 32.6 Å². The summed E-state index contributed by atoms with van der Waals surface area (Å²) in [5.41, 5.74) is 3.10. The van der Waals surface area contributed by atoms with E-state index in [0.29, 0.717) is 31.5 Å². The van der Waals surface area contributed by atoms with Gasteiger partial charge in [-0.15, -0.1) is 0 Å². The van der Waals surface area contributed by atoms with Crippen LogP contribution in [-0.4, -0.2) is 44.7 Å². The van der Waals surface area contributed by atoms with Crippen LogP contribution in [0.3, 0.4) is 0 Å². The van der Waals surface area contributed by atoms with Gasteiger partial charge >= 0.3 is 0 Å². The number of nitrogens with zero attached hydrogens (tertiary/aromatic N) is 1. The topological polar surface area (TPSA) is 50.8 Å². The summed E-state index contributed by atoms with van der Waals surface area (Å²) in [6.45, 7) is 2.84. The molecular weight excluding hydrogens is 359 g/mol. The van der Waals surface area contributed by atoms with E-state index < -0.39 is 0 Å². The summed E-state index contributed by atoms with van der Waals surface area (Å²) < 4.78 is 24.4.